The van der Waals surface area contributed by atoms with Crippen LogP contribution in [0.2, 0.25) is 0 Å². The molecule has 2 aliphatic carbocycles. The van der Waals surface area contributed by atoms with E-state index in [0.29, 0.717) is 0 Å². The van der Waals surface area contributed by atoms with E-state index in [0.717, 1.165) is 18.1 Å². The minimum Gasteiger partial charge on any atom is -0.315 e. The van der Waals surface area contributed by atoms with Crippen LogP contribution in [0.5, 0.6) is 0 Å². The molecule has 2 unspecified atom stereocenters. The number of rotatable bonds is 6. The molecule has 0 amide bonds. The quantitative estimate of drug-likeness (QED) is 0.746. The van der Waals surface area contributed by atoms with Gasteiger partial charge in [-0.05, 0) is 45.7 Å². The van der Waals surface area contributed by atoms with Crippen molar-refractivity contribution in [2.45, 2.75) is 76.4 Å². The van der Waals surface area contributed by atoms with Crippen LogP contribution in [0.3, 0.4) is 0 Å². The molecule has 2 rings (SSSR count). The van der Waals surface area contributed by atoms with Crippen LogP contribution in [0.4, 0.5) is 0 Å². The van der Waals surface area contributed by atoms with Gasteiger partial charge in [-0.25, -0.2) is 0 Å². The van der Waals surface area contributed by atoms with Gasteiger partial charge < -0.3 is 5.32 Å². The zero-order valence-corrected chi connectivity index (χ0v) is 11.0. The molecule has 0 bridgehead atoms. The number of hydrogen-bond donors (Lipinski definition) is 1. The fourth-order valence-electron chi connectivity index (χ4n) is 3.21. The Labute approximate surface area is 101 Å². The monoisotopic (exact) mass is 224 g/mol. The first-order valence-electron chi connectivity index (χ1n) is 7.29. The van der Waals surface area contributed by atoms with E-state index in [-0.39, 0.29) is 0 Å². The van der Waals surface area contributed by atoms with E-state index in [4.69, 9.17) is 0 Å². The number of unbranched alkanes of at least 4 members (excludes halogenated alkanes) is 1. The summed E-state index contributed by atoms with van der Waals surface area (Å²) in [6, 6.07) is 2.52. The van der Waals surface area contributed by atoms with E-state index in [1.54, 1.807) is 0 Å². The summed E-state index contributed by atoms with van der Waals surface area (Å²) in [6.07, 6.45) is 11.3. The molecular formula is C14H28N2. The van der Waals surface area contributed by atoms with Crippen LogP contribution in [0.15, 0.2) is 0 Å². The first-order chi connectivity index (χ1) is 7.86. The molecule has 0 spiro atoms. The molecule has 0 saturated heterocycles. The summed E-state index contributed by atoms with van der Waals surface area (Å²) >= 11 is 0. The largest absolute Gasteiger partial charge is 0.315 e. The summed E-state index contributed by atoms with van der Waals surface area (Å²) in [7, 11) is 2.15. The third-order valence-corrected chi connectivity index (χ3v) is 4.31. The summed E-state index contributed by atoms with van der Waals surface area (Å²) in [6.45, 7) is 3.64. The van der Waals surface area contributed by atoms with Gasteiger partial charge in [-0.1, -0.05) is 26.2 Å². The lowest BCUT2D eigenvalue weighted by Crippen LogP contribution is -2.51. The van der Waals surface area contributed by atoms with Gasteiger partial charge in [0, 0.05) is 18.1 Å². The molecule has 0 aromatic heterocycles. The molecule has 2 nitrogen and oxygen atoms in total. The highest BCUT2D eigenvalue weighted by atomic mass is 15.2. The summed E-state index contributed by atoms with van der Waals surface area (Å²) in [4.78, 5) is 2.84. The Morgan fingerprint density at radius 3 is 2.50 bits per heavy atom. The molecule has 1 N–H and O–H groups in total. The predicted octanol–water partition coefficient (Wildman–Crippen LogP) is 2.78. The van der Waals surface area contributed by atoms with Crippen LogP contribution in [0.1, 0.15) is 58.3 Å². The van der Waals surface area contributed by atoms with Crippen molar-refractivity contribution in [3.8, 4) is 0 Å². The van der Waals surface area contributed by atoms with Crippen molar-refractivity contribution in [3.63, 3.8) is 0 Å². The molecule has 0 aliphatic heterocycles. The summed E-state index contributed by atoms with van der Waals surface area (Å²) in [5.41, 5.74) is 0. The molecule has 2 aliphatic rings. The Kier molecular flexibility index (Phi) is 4.66. The van der Waals surface area contributed by atoms with Crippen LogP contribution < -0.4 is 5.32 Å². The second-order valence-corrected chi connectivity index (χ2v) is 5.57. The zero-order valence-electron chi connectivity index (χ0n) is 11.0. The van der Waals surface area contributed by atoms with Crippen LogP contribution in [0, 0.1) is 0 Å². The molecule has 0 heterocycles. The van der Waals surface area contributed by atoms with E-state index in [1.807, 2.05) is 0 Å². The molecule has 2 fully saturated rings. The van der Waals surface area contributed by atoms with Crippen LogP contribution in [-0.2, 0) is 0 Å². The number of likely N-dealkylation sites (N-methyl/N-ethyl adjacent to an activating group) is 1. The van der Waals surface area contributed by atoms with E-state index in [2.05, 4.69) is 24.2 Å². The molecular weight excluding hydrogens is 196 g/mol. The predicted molar refractivity (Wildman–Crippen MR) is 69.7 cm³/mol. The number of nitrogens with one attached hydrogen (secondary N) is 1. The Morgan fingerprint density at radius 1 is 1.12 bits per heavy atom. The highest BCUT2D eigenvalue weighted by molar-refractivity contribution is 4.94. The van der Waals surface area contributed by atoms with Crippen molar-refractivity contribution in [2.24, 2.45) is 0 Å². The molecule has 2 heteroatoms. The normalized spacial score (nSPS) is 30.9. The Balaban J connectivity index is 1.93. The molecule has 2 atom stereocenters. The van der Waals surface area contributed by atoms with Gasteiger partial charge in [-0.15, -0.1) is 0 Å². The van der Waals surface area contributed by atoms with E-state index in [1.165, 1.54) is 57.9 Å². The van der Waals surface area contributed by atoms with Gasteiger partial charge in [0.25, 0.3) is 0 Å². The SMILES string of the molecule is CCCCN(C1CC1)C1CCCCC1NC. The van der Waals surface area contributed by atoms with Crippen LogP contribution >= 0.6 is 0 Å². The second kappa shape index (κ2) is 6.02. The molecule has 94 valence electrons. The van der Waals surface area contributed by atoms with Gasteiger partial charge in [0.2, 0.25) is 0 Å². The van der Waals surface area contributed by atoms with Crippen molar-refractivity contribution in [2.75, 3.05) is 13.6 Å². The lowest BCUT2D eigenvalue weighted by molar-refractivity contribution is 0.115. The van der Waals surface area contributed by atoms with Crippen molar-refractivity contribution in [1.82, 2.24) is 10.2 Å². The summed E-state index contributed by atoms with van der Waals surface area (Å²) in [5, 5.41) is 3.55. The Hall–Kier alpha value is -0.0800. The van der Waals surface area contributed by atoms with Crippen molar-refractivity contribution >= 4 is 0 Å². The fourth-order valence-corrected chi connectivity index (χ4v) is 3.21. The van der Waals surface area contributed by atoms with Crippen molar-refractivity contribution in [3.05, 3.63) is 0 Å². The average molecular weight is 224 g/mol. The van der Waals surface area contributed by atoms with Crippen molar-refractivity contribution in [1.29, 1.82) is 0 Å². The average Bonchev–Trinajstić information content (AvgIpc) is 3.14. The van der Waals surface area contributed by atoms with E-state index >= 15 is 0 Å². The molecule has 16 heavy (non-hydrogen) atoms. The molecule has 0 aromatic rings. The minimum absolute atomic E-state index is 0.756. The summed E-state index contributed by atoms with van der Waals surface area (Å²) < 4.78 is 0. The minimum atomic E-state index is 0.756. The Morgan fingerprint density at radius 2 is 1.88 bits per heavy atom. The lowest BCUT2D eigenvalue weighted by atomic mass is 9.89. The summed E-state index contributed by atoms with van der Waals surface area (Å²) in [5.74, 6) is 0. The van der Waals surface area contributed by atoms with Crippen LogP contribution in [0.25, 0.3) is 0 Å². The van der Waals surface area contributed by atoms with Gasteiger partial charge in [0.05, 0.1) is 0 Å². The van der Waals surface area contributed by atoms with E-state index in [9.17, 15) is 0 Å². The maximum Gasteiger partial charge on any atom is 0.0252 e. The molecule has 2 saturated carbocycles. The topological polar surface area (TPSA) is 15.3 Å². The van der Waals surface area contributed by atoms with Gasteiger partial charge in [0.15, 0.2) is 0 Å². The second-order valence-electron chi connectivity index (χ2n) is 5.57. The van der Waals surface area contributed by atoms with Gasteiger partial charge in [-0.2, -0.15) is 0 Å². The molecule has 0 radical (unpaired) electrons. The Bertz CT molecular complexity index is 201. The first kappa shape index (κ1) is 12.4. The third kappa shape index (κ3) is 2.98. The highest BCUT2D eigenvalue weighted by Gasteiger charge is 2.37. The van der Waals surface area contributed by atoms with Gasteiger partial charge in [-0.3, -0.25) is 4.90 Å². The van der Waals surface area contributed by atoms with E-state index < -0.39 is 0 Å². The fraction of sp³-hybridized carbons (Fsp3) is 1.00. The standard InChI is InChI=1S/C14H28N2/c1-3-4-11-16(12-9-10-12)14-8-6-5-7-13(14)15-2/h12-15H,3-11H2,1-2H3. The lowest BCUT2D eigenvalue weighted by Gasteiger charge is -2.40. The maximum absolute atomic E-state index is 3.55. The van der Waals surface area contributed by atoms with Crippen LogP contribution in [-0.4, -0.2) is 36.6 Å². The third-order valence-electron chi connectivity index (χ3n) is 4.31. The molecule has 0 aromatic carbocycles. The van der Waals surface area contributed by atoms with Crippen molar-refractivity contribution < 1.29 is 0 Å². The highest BCUT2D eigenvalue weighted by Crippen LogP contribution is 2.33. The first-order valence-corrected chi connectivity index (χ1v) is 7.29. The smallest absolute Gasteiger partial charge is 0.0252 e. The maximum atomic E-state index is 3.55. The number of nitrogens with zero attached hydrogens (tertiary/aromatic N) is 1. The number of hydrogen-bond acceptors (Lipinski definition) is 2. The zero-order chi connectivity index (χ0) is 11.4. The van der Waals surface area contributed by atoms with Gasteiger partial charge >= 0.3 is 0 Å². The van der Waals surface area contributed by atoms with Gasteiger partial charge in [0.1, 0.15) is 0 Å².